The normalized spacial score (nSPS) is 16.0. The molecule has 2 aromatic carbocycles. The maximum Gasteiger partial charge on any atom is 0.243 e. The van der Waals surface area contributed by atoms with Crippen LogP contribution in [0.1, 0.15) is 42.9 Å². The van der Waals surface area contributed by atoms with Crippen molar-refractivity contribution in [1.82, 2.24) is 5.01 Å². The number of benzene rings is 2. The minimum atomic E-state index is -1.16. The van der Waals surface area contributed by atoms with Crippen LogP contribution in [0.25, 0.3) is 0 Å². The second-order valence-corrected chi connectivity index (χ2v) is 6.95. The molecule has 1 heterocycles. The Morgan fingerprint density at radius 3 is 2.43 bits per heavy atom. The number of halogens is 1. The van der Waals surface area contributed by atoms with E-state index in [4.69, 9.17) is 16.3 Å². The summed E-state index contributed by atoms with van der Waals surface area (Å²) >= 11 is 5.99. The van der Waals surface area contributed by atoms with Gasteiger partial charge in [-0.2, -0.15) is 5.10 Å². The number of aliphatic carboxylic acids is 1. The first-order chi connectivity index (χ1) is 13.5. The molecule has 0 fully saturated rings. The van der Waals surface area contributed by atoms with Crippen molar-refractivity contribution in [1.29, 1.82) is 0 Å². The Kier molecular flexibility index (Phi) is 6.31. The molecule has 146 valence electrons. The number of hydrogen-bond donors (Lipinski definition) is 0. The molecule has 0 aliphatic carbocycles. The fraction of sp³-hybridized carbons (Fsp3) is 0.286. The Balaban J connectivity index is 1.84. The van der Waals surface area contributed by atoms with Crippen LogP contribution in [-0.2, 0) is 9.59 Å². The van der Waals surface area contributed by atoms with Crippen molar-refractivity contribution >= 4 is 29.2 Å². The third kappa shape index (κ3) is 4.70. The number of carboxylic acid groups (broad SMARTS) is 1. The lowest BCUT2D eigenvalue weighted by molar-refractivity contribution is -0.305. The highest BCUT2D eigenvalue weighted by Gasteiger charge is 2.32. The zero-order chi connectivity index (χ0) is 20.1. The van der Waals surface area contributed by atoms with Crippen molar-refractivity contribution in [3.63, 3.8) is 0 Å². The zero-order valence-electron chi connectivity index (χ0n) is 15.4. The second-order valence-electron chi connectivity index (χ2n) is 6.51. The SMILES string of the molecule is COc1ccc(C2=NN(C(=O)CCCC(=O)[O-])[C@@H](c3ccc(Cl)cc3)C2)cc1. The lowest BCUT2D eigenvalue weighted by Crippen LogP contribution is -2.28. The standard InChI is InChI=1S/C21H21ClN2O4/c1-28-17-11-7-14(8-12-17)18-13-19(15-5-9-16(22)10-6-15)24(23-18)20(25)3-2-4-21(26)27/h5-12,19H,2-4,13H2,1H3,(H,26,27)/p-1/t19-/m1/s1. The Morgan fingerprint density at radius 1 is 1.14 bits per heavy atom. The van der Waals surface area contributed by atoms with Gasteiger partial charge in [-0.25, -0.2) is 5.01 Å². The molecular formula is C21H20ClN2O4-. The van der Waals surface area contributed by atoms with E-state index in [1.807, 2.05) is 36.4 Å². The lowest BCUT2D eigenvalue weighted by atomic mass is 9.98. The third-order valence-electron chi connectivity index (χ3n) is 4.62. The predicted molar refractivity (Wildman–Crippen MR) is 104 cm³/mol. The summed E-state index contributed by atoms with van der Waals surface area (Å²) in [7, 11) is 1.60. The third-order valence-corrected chi connectivity index (χ3v) is 4.87. The highest BCUT2D eigenvalue weighted by Crippen LogP contribution is 2.34. The molecule has 6 nitrogen and oxygen atoms in total. The summed E-state index contributed by atoms with van der Waals surface area (Å²) in [6.07, 6.45) is 0.719. The fourth-order valence-electron chi connectivity index (χ4n) is 3.14. The zero-order valence-corrected chi connectivity index (χ0v) is 16.2. The number of ether oxygens (including phenoxy) is 1. The molecule has 7 heteroatoms. The van der Waals surface area contributed by atoms with Gasteiger partial charge in [0.05, 0.1) is 18.9 Å². The van der Waals surface area contributed by atoms with E-state index >= 15 is 0 Å². The van der Waals surface area contributed by atoms with Gasteiger partial charge in [0.25, 0.3) is 0 Å². The molecule has 3 rings (SSSR count). The molecule has 0 unspecified atom stereocenters. The molecule has 0 spiro atoms. The van der Waals surface area contributed by atoms with Gasteiger partial charge in [-0.05, 0) is 60.4 Å². The van der Waals surface area contributed by atoms with Crippen LogP contribution in [0, 0.1) is 0 Å². The van der Waals surface area contributed by atoms with Crippen molar-refractivity contribution in [3.05, 3.63) is 64.7 Å². The summed E-state index contributed by atoms with van der Waals surface area (Å²) < 4.78 is 5.19. The van der Waals surface area contributed by atoms with Gasteiger partial charge in [-0.15, -0.1) is 0 Å². The first-order valence-electron chi connectivity index (χ1n) is 8.97. The number of carbonyl (C=O) groups excluding carboxylic acids is 2. The number of rotatable bonds is 7. The van der Waals surface area contributed by atoms with Crippen molar-refractivity contribution in [3.8, 4) is 5.75 Å². The number of carbonyl (C=O) groups is 2. The van der Waals surface area contributed by atoms with Crippen LogP contribution in [0.4, 0.5) is 0 Å². The van der Waals surface area contributed by atoms with Crippen LogP contribution in [0.3, 0.4) is 0 Å². The van der Waals surface area contributed by atoms with Gasteiger partial charge in [0, 0.05) is 23.8 Å². The summed E-state index contributed by atoms with van der Waals surface area (Å²) in [5.74, 6) is -0.637. The first-order valence-corrected chi connectivity index (χ1v) is 9.35. The first kappa shape index (κ1) is 19.9. The van der Waals surface area contributed by atoms with Crippen molar-refractivity contribution in [2.24, 2.45) is 5.10 Å². The average molecular weight is 400 g/mol. The minimum absolute atomic E-state index is 0.0947. The smallest absolute Gasteiger partial charge is 0.243 e. The van der Waals surface area contributed by atoms with Crippen molar-refractivity contribution in [2.75, 3.05) is 7.11 Å². The maximum atomic E-state index is 12.7. The highest BCUT2D eigenvalue weighted by atomic mass is 35.5. The van der Waals surface area contributed by atoms with Crippen molar-refractivity contribution in [2.45, 2.75) is 31.7 Å². The van der Waals surface area contributed by atoms with Gasteiger partial charge in [0.2, 0.25) is 5.91 Å². The van der Waals surface area contributed by atoms with Crippen LogP contribution in [-0.4, -0.2) is 29.7 Å². The number of hydrazone groups is 1. The fourth-order valence-corrected chi connectivity index (χ4v) is 3.27. The Labute approximate surface area is 168 Å². The minimum Gasteiger partial charge on any atom is -0.550 e. The van der Waals surface area contributed by atoms with Crippen molar-refractivity contribution < 1.29 is 19.4 Å². The van der Waals surface area contributed by atoms with E-state index in [-0.39, 0.29) is 31.2 Å². The number of hydrogen-bond acceptors (Lipinski definition) is 5. The Bertz CT molecular complexity index is 878. The Morgan fingerprint density at radius 2 is 1.82 bits per heavy atom. The van der Waals surface area contributed by atoms with Gasteiger partial charge < -0.3 is 14.6 Å². The molecule has 0 bridgehead atoms. The predicted octanol–water partition coefficient (Wildman–Crippen LogP) is 2.95. The second kappa shape index (κ2) is 8.89. The van der Waals surface area contributed by atoms with E-state index in [0.717, 1.165) is 22.6 Å². The van der Waals surface area contributed by atoms with Crippen LogP contribution in [0.5, 0.6) is 5.75 Å². The average Bonchev–Trinajstić information content (AvgIpc) is 3.14. The summed E-state index contributed by atoms with van der Waals surface area (Å²) in [4.78, 5) is 23.3. The van der Waals surface area contributed by atoms with E-state index in [0.29, 0.717) is 11.4 Å². The summed E-state index contributed by atoms with van der Waals surface area (Å²) in [6.45, 7) is 0. The molecule has 1 amide bonds. The number of methoxy groups -OCH3 is 1. The van der Waals surface area contributed by atoms with Crippen LogP contribution in [0.2, 0.25) is 5.02 Å². The summed E-state index contributed by atoms with van der Waals surface area (Å²) in [5, 5.41) is 17.3. The summed E-state index contributed by atoms with van der Waals surface area (Å²) in [5.41, 5.74) is 2.62. The number of nitrogens with zero attached hydrogens (tertiary/aromatic N) is 2. The van der Waals surface area contributed by atoms with Gasteiger partial charge in [-0.1, -0.05) is 23.7 Å². The molecule has 28 heavy (non-hydrogen) atoms. The van der Waals surface area contributed by atoms with Crippen LogP contribution in [0.15, 0.2) is 53.6 Å². The van der Waals surface area contributed by atoms with E-state index in [2.05, 4.69) is 5.10 Å². The molecule has 1 aliphatic heterocycles. The van der Waals surface area contributed by atoms with E-state index in [9.17, 15) is 14.7 Å². The molecule has 0 saturated carbocycles. The molecule has 0 aromatic heterocycles. The number of amides is 1. The highest BCUT2D eigenvalue weighted by molar-refractivity contribution is 6.30. The Hall–Kier alpha value is -2.86. The van der Waals surface area contributed by atoms with E-state index in [1.54, 1.807) is 19.2 Å². The quantitative estimate of drug-likeness (QED) is 0.716. The topological polar surface area (TPSA) is 82.0 Å². The van der Waals surface area contributed by atoms with Crippen LogP contribution >= 0.6 is 11.6 Å². The molecule has 2 aromatic rings. The van der Waals surface area contributed by atoms with Gasteiger partial charge in [0.1, 0.15) is 5.75 Å². The maximum absolute atomic E-state index is 12.7. The molecular weight excluding hydrogens is 380 g/mol. The monoisotopic (exact) mass is 399 g/mol. The molecule has 0 saturated heterocycles. The molecule has 1 atom stereocenters. The van der Waals surface area contributed by atoms with Gasteiger partial charge in [-0.3, -0.25) is 4.79 Å². The molecule has 1 aliphatic rings. The largest absolute Gasteiger partial charge is 0.550 e. The van der Waals surface area contributed by atoms with E-state index in [1.165, 1.54) is 5.01 Å². The van der Waals surface area contributed by atoms with Crippen LogP contribution < -0.4 is 9.84 Å². The number of carboxylic acids is 1. The lowest BCUT2D eigenvalue weighted by Gasteiger charge is -2.22. The molecule has 0 N–H and O–H groups in total. The van der Waals surface area contributed by atoms with E-state index < -0.39 is 5.97 Å². The van der Waals surface area contributed by atoms with Gasteiger partial charge in [0.15, 0.2) is 0 Å². The molecule has 0 radical (unpaired) electrons. The van der Waals surface area contributed by atoms with Gasteiger partial charge >= 0.3 is 0 Å². The summed E-state index contributed by atoms with van der Waals surface area (Å²) in [6, 6.07) is 14.6.